The monoisotopic (exact) mass is 730 g/mol. The van der Waals surface area contributed by atoms with Crippen LogP contribution in [0.1, 0.15) is 44.1 Å². The average molecular weight is 731 g/mol. The van der Waals surface area contributed by atoms with Gasteiger partial charge in [0.05, 0.1) is 17.9 Å². The Labute approximate surface area is 311 Å². The van der Waals surface area contributed by atoms with Crippen molar-refractivity contribution in [2.24, 2.45) is 21.1 Å². The Morgan fingerprint density at radius 2 is 1.74 bits per heavy atom. The van der Waals surface area contributed by atoms with Gasteiger partial charge >= 0.3 is 6.09 Å². The van der Waals surface area contributed by atoms with E-state index in [0.29, 0.717) is 55.2 Å². The van der Waals surface area contributed by atoms with Gasteiger partial charge in [0, 0.05) is 80.9 Å². The third-order valence-corrected chi connectivity index (χ3v) is 10.6. The number of halogens is 2. The minimum atomic E-state index is -0.580. The molecule has 11 nitrogen and oxygen atoms in total. The van der Waals surface area contributed by atoms with Crippen LogP contribution in [0, 0.1) is 11.2 Å². The molecule has 6 rings (SSSR count). The first-order valence-electron chi connectivity index (χ1n) is 18.3. The van der Waals surface area contributed by atoms with Crippen molar-refractivity contribution < 1.29 is 23.1 Å². The van der Waals surface area contributed by atoms with E-state index in [1.807, 2.05) is 30.1 Å². The number of allylic oxidation sites excluding steroid dienone is 4. The molecule has 0 bridgehead atoms. The molecule has 3 aliphatic heterocycles. The van der Waals surface area contributed by atoms with Crippen LogP contribution >= 0.6 is 0 Å². The molecule has 1 spiro atoms. The van der Waals surface area contributed by atoms with Gasteiger partial charge in [-0.3, -0.25) is 19.7 Å². The molecule has 1 amide bonds. The fraction of sp³-hybridized carbons (Fsp3) is 0.450. The number of nitrogens with two attached hydrogens (primary N) is 2. The molecule has 13 heteroatoms. The predicted octanol–water partition coefficient (Wildman–Crippen LogP) is 5.72. The van der Waals surface area contributed by atoms with Gasteiger partial charge in [0.25, 0.3) is 0 Å². The van der Waals surface area contributed by atoms with Crippen LogP contribution in [0.3, 0.4) is 0 Å². The lowest BCUT2D eigenvalue weighted by Crippen LogP contribution is -2.67. The maximum Gasteiger partial charge on any atom is 0.410 e. The number of likely N-dealkylation sites (tertiary alicyclic amines) is 2. The lowest BCUT2D eigenvalue weighted by Gasteiger charge is -2.61. The molecule has 53 heavy (non-hydrogen) atoms. The van der Waals surface area contributed by atoms with Crippen molar-refractivity contribution in [3.05, 3.63) is 90.3 Å². The number of hydrogen-bond acceptors (Lipinski definition) is 10. The Balaban J connectivity index is 0.00000266. The summed E-state index contributed by atoms with van der Waals surface area (Å²) >= 11 is 0. The van der Waals surface area contributed by atoms with Crippen LogP contribution in [0.25, 0.3) is 0 Å². The molecule has 0 radical (unpaired) electrons. The van der Waals surface area contributed by atoms with Crippen LogP contribution in [-0.4, -0.2) is 106 Å². The normalized spacial score (nSPS) is 20.2. The molecule has 3 saturated heterocycles. The standard InChI is InChI=1S/C39H47F2N7O3.CH5N/c1-43-25-35(41)37(28-7-6-8-32(21-28)45(2)15-4-3-5-20-49)44-30-11-16-47(17-12-30)38(50)51-33-23-39(24-33)26-48(27-39)31-13-18-46(19-14-31)36-10-9-29(42)22-34(36)40;1-2/h3-10,15,20-22,25,30-31,33H,1,11-14,16-19,23-24,26-27,42H2,2H3;2H2,1H3/b5-3-,15-4-,35-25+,44-37?;. The van der Waals surface area contributed by atoms with Gasteiger partial charge in [-0.1, -0.05) is 18.2 Å². The summed E-state index contributed by atoms with van der Waals surface area (Å²) in [6, 6.07) is 12.6. The lowest BCUT2D eigenvalue weighted by molar-refractivity contribution is -0.147. The average Bonchev–Trinajstić information content (AvgIpc) is 3.14. The van der Waals surface area contributed by atoms with E-state index in [0.717, 1.165) is 63.7 Å². The molecule has 4 N–H and O–H groups in total. The van der Waals surface area contributed by atoms with Crippen LogP contribution in [0.4, 0.5) is 30.6 Å². The van der Waals surface area contributed by atoms with Crippen molar-refractivity contribution in [1.82, 2.24) is 9.80 Å². The Bertz CT molecular complexity index is 1700. The molecule has 0 atom stereocenters. The number of hydrogen-bond donors (Lipinski definition) is 2. The summed E-state index contributed by atoms with van der Waals surface area (Å²) in [5.74, 6) is -0.843. The largest absolute Gasteiger partial charge is 0.446 e. The second-order valence-corrected chi connectivity index (χ2v) is 14.1. The van der Waals surface area contributed by atoms with Gasteiger partial charge in [-0.2, -0.15) is 0 Å². The number of carbonyl (C=O) groups excluding carboxylic acids is 2. The van der Waals surface area contributed by atoms with E-state index in [2.05, 4.69) is 27.2 Å². The number of ether oxygens (including phenoxy) is 1. The van der Waals surface area contributed by atoms with Crippen molar-refractivity contribution in [1.29, 1.82) is 0 Å². The SMILES string of the molecule is C=N/C=C(/F)C(=NC1CCN(C(=O)OC2CC3(C2)CN(C2CCN(c4ccc(N)cc4F)CC2)C3)CC1)c1cccc(N(C)/C=C\C=C/C=O)c1.CN. The van der Waals surface area contributed by atoms with Crippen LogP contribution < -0.4 is 21.3 Å². The summed E-state index contributed by atoms with van der Waals surface area (Å²) in [6.07, 6.45) is 12.9. The molecule has 1 saturated carbocycles. The highest BCUT2D eigenvalue weighted by atomic mass is 19.1. The number of nitrogens with zero attached hydrogens (tertiary/aromatic N) is 6. The molecule has 0 aromatic heterocycles. The molecule has 284 valence electrons. The number of aliphatic imine (C=N–C) groups is 2. The van der Waals surface area contributed by atoms with Crippen molar-refractivity contribution in [3.63, 3.8) is 0 Å². The Kier molecular flexibility index (Phi) is 13.5. The van der Waals surface area contributed by atoms with Gasteiger partial charge in [-0.05, 0) is 94.8 Å². The predicted molar refractivity (Wildman–Crippen MR) is 209 cm³/mol. The second-order valence-electron chi connectivity index (χ2n) is 14.1. The summed E-state index contributed by atoms with van der Waals surface area (Å²) in [4.78, 5) is 40.3. The number of nitrogen functional groups attached to an aromatic ring is 1. The van der Waals surface area contributed by atoms with Crippen LogP contribution in [0.2, 0.25) is 0 Å². The van der Waals surface area contributed by atoms with E-state index in [9.17, 15) is 14.0 Å². The molecule has 4 aliphatic rings. The number of amides is 1. The highest BCUT2D eigenvalue weighted by Gasteiger charge is 2.55. The summed E-state index contributed by atoms with van der Waals surface area (Å²) in [7, 11) is 3.36. The van der Waals surface area contributed by atoms with Crippen molar-refractivity contribution in [2.75, 3.05) is 68.9 Å². The first-order valence-corrected chi connectivity index (χ1v) is 18.3. The van der Waals surface area contributed by atoms with E-state index in [1.54, 1.807) is 41.5 Å². The maximum absolute atomic E-state index is 15.3. The Morgan fingerprint density at radius 1 is 1.02 bits per heavy atom. The first-order chi connectivity index (χ1) is 25.7. The minimum Gasteiger partial charge on any atom is -0.446 e. The van der Waals surface area contributed by atoms with Gasteiger partial charge in [0.15, 0.2) is 5.83 Å². The van der Waals surface area contributed by atoms with Gasteiger partial charge in [-0.15, -0.1) is 0 Å². The first kappa shape index (κ1) is 39.3. The fourth-order valence-electron chi connectivity index (χ4n) is 7.81. The van der Waals surface area contributed by atoms with E-state index in [1.165, 1.54) is 19.2 Å². The highest BCUT2D eigenvalue weighted by molar-refractivity contribution is 6.11. The molecular formula is C40H52F2N8O3. The van der Waals surface area contributed by atoms with Crippen LogP contribution in [0.15, 0.2) is 88.9 Å². The summed E-state index contributed by atoms with van der Waals surface area (Å²) < 4.78 is 35.6. The fourth-order valence-corrected chi connectivity index (χ4v) is 7.81. The third-order valence-electron chi connectivity index (χ3n) is 10.6. The van der Waals surface area contributed by atoms with Gasteiger partial charge in [0.1, 0.15) is 23.9 Å². The maximum atomic E-state index is 15.3. The van der Waals surface area contributed by atoms with Gasteiger partial charge < -0.3 is 30.9 Å². The quantitative estimate of drug-likeness (QED) is 0.0987. The second kappa shape index (κ2) is 18.2. The van der Waals surface area contributed by atoms with Crippen molar-refractivity contribution >= 4 is 41.9 Å². The molecule has 3 heterocycles. The van der Waals surface area contributed by atoms with Gasteiger partial charge in [-0.25, -0.2) is 13.6 Å². The number of carbonyl (C=O) groups is 2. The highest BCUT2D eigenvalue weighted by Crippen LogP contribution is 2.51. The van der Waals surface area contributed by atoms with Crippen LogP contribution in [-0.2, 0) is 9.53 Å². The summed E-state index contributed by atoms with van der Waals surface area (Å²) in [5, 5.41) is 0. The van der Waals surface area contributed by atoms with E-state index >= 15 is 4.39 Å². The lowest BCUT2D eigenvalue weighted by atomic mass is 9.61. The molecular weight excluding hydrogens is 678 g/mol. The van der Waals surface area contributed by atoms with E-state index in [-0.39, 0.29) is 35.2 Å². The number of rotatable bonds is 11. The Morgan fingerprint density at radius 3 is 2.40 bits per heavy atom. The zero-order valence-electron chi connectivity index (χ0n) is 30.7. The van der Waals surface area contributed by atoms with E-state index in [4.69, 9.17) is 15.5 Å². The van der Waals surface area contributed by atoms with Crippen LogP contribution in [0.5, 0.6) is 0 Å². The zero-order valence-corrected chi connectivity index (χ0v) is 30.7. The third kappa shape index (κ3) is 9.76. The van der Waals surface area contributed by atoms with Gasteiger partial charge in [0.2, 0.25) is 0 Å². The molecule has 1 aliphatic carbocycles. The van der Waals surface area contributed by atoms with E-state index < -0.39 is 5.83 Å². The molecule has 0 unspecified atom stereocenters. The number of piperidine rings is 2. The smallest absolute Gasteiger partial charge is 0.410 e. The number of anilines is 3. The summed E-state index contributed by atoms with van der Waals surface area (Å²) in [6.45, 7) is 8.05. The summed E-state index contributed by atoms with van der Waals surface area (Å²) in [5.41, 5.74) is 13.1. The number of aldehydes is 1. The Hall–Kier alpha value is -4.88. The molecule has 4 fully saturated rings. The zero-order chi connectivity index (χ0) is 38.0. The van der Waals surface area contributed by atoms with Crippen molar-refractivity contribution in [2.45, 2.75) is 56.7 Å². The topological polar surface area (TPSA) is 133 Å². The number of benzene rings is 2. The van der Waals surface area contributed by atoms with Crippen molar-refractivity contribution in [3.8, 4) is 0 Å². The molecule has 2 aromatic rings. The minimum absolute atomic E-state index is 0.0655. The molecule has 2 aromatic carbocycles.